The molecule has 1 saturated carbocycles. The molecule has 126 valence electrons. The van der Waals surface area contributed by atoms with Crippen LogP contribution in [-0.4, -0.2) is 34.1 Å². The lowest BCUT2D eigenvalue weighted by molar-refractivity contribution is -0.133. The van der Waals surface area contributed by atoms with E-state index < -0.39 is 0 Å². The fourth-order valence-electron chi connectivity index (χ4n) is 3.88. The highest BCUT2D eigenvalue weighted by molar-refractivity contribution is 6.30. The number of carbonyl (C=O) groups is 1. The topological polar surface area (TPSA) is 49.0 Å². The van der Waals surface area contributed by atoms with Gasteiger partial charge in [-0.05, 0) is 55.9 Å². The Balaban J connectivity index is 1.42. The summed E-state index contributed by atoms with van der Waals surface area (Å²) in [7, 11) is 0. The zero-order valence-corrected chi connectivity index (χ0v) is 14.6. The quantitative estimate of drug-likeness (QED) is 0.919. The Morgan fingerprint density at radius 3 is 3.00 bits per heavy atom. The van der Waals surface area contributed by atoms with Crippen LogP contribution in [0.15, 0.2) is 30.3 Å². The molecule has 1 aliphatic heterocycles. The van der Waals surface area contributed by atoms with Gasteiger partial charge in [0, 0.05) is 35.6 Å². The van der Waals surface area contributed by atoms with E-state index in [1.807, 2.05) is 30.0 Å². The number of rotatable bonds is 3. The maximum absolute atomic E-state index is 12.9. The lowest BCUT2D eigenvalue weighted by Crippen LogP contribution is -2.40. The average Bonchev–Trinajstić information content (AvgIpc) is 3.28. The van der Waals surface area contributed by atoms with Crippen LogP contribution in [0, 0.1) is 12.8 Å². The summed E-state index contributed by atoms with van der Waals surface area (Å²) < 4.78 is 0. The molecule has 0 radical (unpaired) electrons. The number of halogens is 1. The van der Waals surface area contributed by atoms with Crippen molar-refractivity contribution in [3.05, 3.63) is 52.3 Å². The van der Waals surface area contributed by atoms with E-state index in [1.165, 1.54) is 5.56 Å². The molecule has 1 saturated heterocycles. The first-order valence-corrected chi connectivity index (χ1v) is 9.06. The van der Waals surface area contributed by atoms with Crippen molar-refractivity contribution in [3.8, 4) is 0 Å². The van der Waals surface area contributed by atoms with Crippen LogP contribution in [0.25, 0.3) is 0 Å². The monoisotopic (exact) mass is 343 g/mol. The van der Waals surface area contributed by atoms with E-state index in [1.54, 1.807) is 0 Å². The lowest BCUT2D eigenvalue weighted by atomic mass is 9.94. The standard InChI is InChI=1S/C19H22ClN3O/c1-12-8-18(22-21-12)14-5-3-7-23(11-14)19(24)17-10-16(17)13-4-2-6-15(20)9-13/h2,4,6,8-9,14,16-17H,3,5,7,10-11H2,1H3,(H,21,22)/t14-,16+,17+/m1/s1. The third kappa shape index (κ3) is 3.07. The van der Waals surface area contributed by atoms with Gasteiger partial charge < -0.3 is 4.90 Å². The maximum Gasteiger partial charge on any atom is 0.226 e. The first kappa shape index (κ1) is 15.7. The molecule has 0 unspecified atom stereocenters. The van der Waals surface area contributed by atoms with Gasteiger partial charge in [-0.1, -0.05) is 23.7 Å². The Kier molecular flexibility index (Phi) is 4.09. The van der Waals surface area contributed by atoms with E-state index >= 15 is 0 Å². The van der Waals surface area contributed by atoms with Gasteiger partial charge in [-0.25, -0.2) is 0 Å². The van der Waals surface area contributed by atoms with E-state index in [0.717, 1.165) is 48.8 Å². The maximum atomic E-state index is 12.9. The van der Waals surface area contributed by atoms with Crippen molar-refractivity contribution in [2.45, 2.75) is 38.0 Å². The van der Waals surface area contributed by atoms with Crippen LogP contribution in [0.2, 0.25) is 5.02 Å². The summed E-state index contributed by atoms with van der Waals surface area (Å²) in [6.45, 7) is 3.68. The van der Waals surface area contributed by atoms with Gasteiger partial charge >= 0.3 is 0 Å². The number of likely N-dealkylation sites (tertiary alicyclic amines) is 1. The smallest absolute Gasteiger partial charge is 0.226 e. The minimum absolute atomic E-state index is 0.128. The van der Waals surface area contributed by atoms with Crippen molar-refractivity contribution >= 4 is 17.5 Å². The van der Waals surface area contributed by atoms with Crippen LogP contribution < -0.4 is 0 Å². The van der Waals surface area contributed by atoms with Gasteiger partial charge in [-0.3, -0.25) is 9.89 Å². The number of hydrogen-bond donors (Lipinski definition) is 1. The van der Waals surface area contributed by atoms with Gasteiger partial charge in [0.1, 0.15) is 0 Å². The molecular weight excluding hydrogens is 322 g/mol. The summed E-state index contributed by atoms with van der Waals surface area (Å²) in [4.78, 5) is 14.9. The van der Waals surface area contributed by atoms with Gasteiger partial charge in [-0.2, -0.15) is 5.10 Å². The number of nitrogens with zero attached hydrogens (tertiary/aromatic N) is 2. The third-order valence-electron chi connectivity index (χ3n) is 5.26. The second-order valence-electron chi connectivity index (χ2n) is 7.10. The fourth-order valence-corrected chi connectivity index (χ4v) is 4.07. The van der Waals surface area contributed by atoms with Crippen LogP contribution in [0.5, 0.6) is 0 Å². The summed E-state index contributed by atoms with van der Waals surface area (Å²) in [6.07, 6.45) is 3.11. The van der Waals surface area contributed by atoms with E-state index in [-0.39, 0.29) is 5.92 Å². The Bertz CT molecular complexity index is 757. The highest BCUT2D eigenvalue weighted by Gasteiger charge is 2.46. The number of aryl methyl sites for hydroxylation is 1. The fraction of sp³-hybridized carbons (Fsp3) is 0.474. The predicted molar refractivity (Wildman–Crippen MR) is 94.2 cm³/mol. The van der Waals surface area contributed by atoms with Crippen molar-refractivity contribution in [2.75, 3.05) is 13.1 Å². The van der Waals surface area contributed by atoms with Crippen molar-refractivity contribution in [1.29, 1.82) is 0 Å². The molecule has 1 aliphatic carbocycles. The Labute approximate surface area is 147 Å². The van der Waals surface area contributed by atoms with Crippen molar-refractivity contribution in [1.82, 2.24) is 15.1 Å². The summed E-state index contributed by atoms with van der Waals surface area (Å²) in [6, 6.07) is 10.0. The number of piperidine rings is 1. The van der Waals surface area contributed by atoms with Crippen molar-refractivity contribution in [2.24, 2.45) is 5.92 Å². The van der Waals surface area contributed by atoms with Crippen LogP contribution in [0.1, 0.15) is 48.0 Å². The molecule has 24 heavy (non-hydrogen) atoms. The van der Waals surface area contributed by atoms with Crippen LogP contribution in [0.4, 0.5) is 0 Å². The largest absolute Gasteiger partial charge is 0.342 e. The van der Waals surface area contributed by atoms with Gasteiger partial charge in [0.05, 0.1) is 5.69 Å². The molecule has 1 N–H and O–H groups in total. The molecule has 4 nitrogen and oxygen atoms in total. The highest BCUT2D eigenvalue weighted by Crippen LogP contribution is 2.49. The van der Waals surface area contributed by atoms with Gasteiger partial charge in [0.25, 0.3) is 0 Å². The van der Waals surface area contributed by atoms with Gasteiger partial charge in [0.15, 0.2) is 0 Å². The number of benzene rings is 1. The second-order valence-corrected chi connectivity index (χ2v) is 7.54. The highest BCUT2D eigenvalue weighted by atomic mass is 35.5. The first-order chi connectivity index (χ1) is 11.6. The van der Waals surface area contributed by atoms with E-state index in [0.29, 0.717) is 17.7 Å². The van der Waals surface area contributed by atoms with Gasteiger partial charge in [0.2, 0.25) is 5.91 Å². The van der Waals surface area contributed by atoms with E-state index in [9.17, 15) is 4.79 Å². The van der Waals surface area contributed by atoms with Crippen molar-refractivity contribution < 1.29 is 4.79 Å². The van der Waals surface area contributed by atoms with Gasteiger partial charge in [-0.15, -0.1) is 0 Å². The molecule has 1 aromatic carbocycles. The summed E-state index contributed by atoms with van der Waals surface area (Å²) in [5.41, 5.74) is 3.36. The molecule has 3 atom stereocenters. The molecule has 0 spiro atoms. The minimum Gasteiger partial charge on any atom is -0.342 e. The molecule has 1 aromatic heterocycles. The Morgan fingerprint density at radius 2 is 2.25 bits per heavy atom. The normalized spacial score (nSPS) is 26.4. The molecule has 2 aliphatic rings. The number of hydrogen-bond acceptors (Lipinski definition) is 2. The molecule has 0 bridgehead atoms. The number of aromatic nitrogens is 2. The SMILES string of the molecule is Cc1cc([C@@H]2CCCN(C(=O)[C@H]3C[C@H]3c3cccc(Cl)c3)C2)n[nH]1. The van der Waals surface area contributed by atoms with Crippen LogP contribution in [0.3, 0.4) is 0 Å². The Hall–Kier alpha value is -1.81. The molecule has 2 aromatic rings. The number of H-pyrrole nitrogens is 1. The number of nitrogens with one attached hydrogen (secondary N) is 1. The minimum atomic E-state index is 0.128. The molecule has 2 fully saturated rings. The predicted octanol–water partition coefficient (Wildman–Crippen LogP) is 3.88. The summed E-state index contributed by atoms with van der Waals surface area (Å²) >= 11 is 6.08. The average molecular weight is 344 g/mol. The molecular formula is C19H22ClN3O. The summed E-state index contributed by atoms with van der Waals surface area (Å²) in [5.74, 6) is 1.13. The zero-order valence-electron chi connectivity index (χ0n) is 13.8. The number of carbonyl (C=O) groups excluding carboxylic acids is 1. The van der Waals surface area contributed by atoms with Crippen molar-refractivity contribution in [3.63, 3.8) is 0 Å². The molecule has 4 rings (SSSR count). The third-order valence-corrected chi connectivity index (χ3v) is 5.50. The second kappa shape index (κ2) is 6.25. The Morgan fingerprint density at radius 1 is 1.38 bits per heavy atom. The van der Waals surface area contributed by atoms with Crippen LogP contribution >= 0.6 is 11.6 Å². The van der Waals surface area contributed by atoms with E-state index in [4.69, 9.17) is 11.6 Å². The molecule has 2 heterocycles. The number of amides is 1. The molecule has 5 heteroatoms. The zero-order chi connectivity index (χ0) is 16.7. The van der Waals surface area contributed by atoms with E-state index in [2.05, 4.69) is 22.3 Å². The van der Waals surface area contributed by atoms with Crippen LogP contribution in [-0.2, 0) is 4.79 Å². The lowest BCUT2D eigenvalue weighted by Gasteiger charge is -2.32. The molecule has 1 amide bonds. The first-order valence-electron chi connectivity index (χ1n) is 8.68. The summed E-state index contributed by atoms with van der Waals surface area (Å²) in [5, 5.41) is 8.15. The number of aromatic amines is 1.